The Bertz CT molecular complexity index is 730. The van der Waals surface area contributed by atoms with E-state index in [0.29, 0.717) is 0 Å². The Morgan fingerprint density at radius 2 is 0.917 bits per heavy atom. The third-order valence-electron chi connectivity index (χ3n) is 4.12. The first-order chi connectivity index (χ1) is 11.7. The zero-order valence-corrected chi connectivity index (χ0v) is 14.7. The van der Waals surface area contributed by atoms with Crippen molar-refractivity contribution in [3.63, 3.8) is 0 Å². The van der Waals surface area contributed by atoms with Crippen LogP contribution in [0.4, 0.5) is 0 Å². The van der Waals surface area contributed by atoms with E-state index in [4.69, 9.17) is 9.47 Å². The molecule has 0 aliphatic carbocycles. The topological polar surface area (TPSA) is 18.5 Å². The van der Waals surface area contributed by atoms with Crippen LogP contribution in [0.15, 0.2) is 77.7 Å². The highest BCUT2D eigenvalue weighted by molar-refractivity contribution is 7.80. The second-order valence-corrected chi connectivity index (χ2v) is 6.09. The minimum Gasteiger partial charge on any atom is -0.497 e. The molecular formula is C21H20O2S. The number of methoxy groups -OCH3 is 2. The molecule has 2 nitrogen and oxygen atoms in total. The number of hydrogen-bond donors (Lipinski definition) is 1. The number of benzene rings is 3. The maximum atomic E-state index is 5.28. The van der Waals surface area contributed by atoms with Crippen molar-refractivity contribution in [3.8, 4) is 11.5 Å². The van der Waals surface area contributed by atoms with E-state index in [1.807, 2.05) is 36.4 Å². The maximum Gasteiger partial charge on any atom is 0.118 e. The molecule has 24 heavy (non-hydrogen) atoms. The minimum absolute atomic E-state index is 0.149. The summed E-state index contributed by atoms with van der Waals surface area (Å²) in [5.41, 5.74) is 3.66. The van der Waals surface area contributed by atoms with Gasteiger partial charge in [0.25, 0.3) is 0 Å². The first-order valence-corrected chi connectivity index (χ1v) is 8.23. The summed E-state index contributed by atoms with van der Waals surface area (Å²) in [4.78, 5) is 0.960. The molecule has 0 N–H and O–H groups in total. The quantitative estimate of drug-likeness (QED) is 0.512. The Morgan fingerprint density at radius 3 is 1.25 bits per heavy atom. The number of ether oxygens (including phenoxy) is 2. The van der Waals surface area contributed by atoms with Crippen LogP contribution < -0.4 is 9.47 Å². The number of thiol groups is 1. The summed E-state index contributed by atoms with van der Waals surface area (Å²) in [6, 6.07) is 24.8. The zero-order chi connectivity index (χ0) is 16.9. The summed E-state index contributed by atoms with van der Waals surface area (Å²) in [5.74, 6) is 1.87. The average Bonchev–Trinajstić information content (AvgIpc) is 2.64. The SMILES string of the molecule is COc1ccc(C(c2ccc(S)cc2)c2ccc(OC)cc2)cc1. The van der Waals surface area contributed by atoms with E-state index in [1.165, 1.54) is 16.7 Å². The minimum atomic E-state index is 0.149. The summed E-state index contributed by atoms with van der Waals surface area (Å²) in [5, 5.41) is 0. The molecule has 0 aromatic heterocycles. The zero-order valence-electron chi connectivity index (χ0n) is 13.8. The summed E-state index contributed by atoms with van der Waals surface area (Å²) in [6.07, 6.45) is 0. The van der Waals surface area contributed by atoms with E-state index in [0.717, 1.165) is 16.4 Å². The maximum absolute atomic E-state index is 5.28. The van der Waals surface area contributed by atoms with Crippen LogP contribution in [-0.2, 0) is 0 Å². The molecule has 3 heteroatoms. The second kappa shape index (κ2) is 7.45. The lowest BCUT2D eigenvalue weighted by Crippen LogP contribution is -2.03. The molecule has 3 rings (SSSR count). The molecule has 0 heterocycles. The van der Waals surface area contributed by atoms with Crippen molar-refractivity contribution in [2.45, 2.75) is 10.8 Å². The second-order valence-electron chi connectivity index (χ2n) is 5.57. The van der Waals surface area contributed by atoms with E-state index >= 15 is 0 Å². The largest absolute Gasteiger partial charge is 0.497 e. The van der Waals surface area contributed by atoms with Gasteiger partial charge in [-0.3, -0.25) is 0 Å². The molecule has 0 bridgehead atoms. The van der Waals surface area contributed by atoms with Gasteiger partial charge in [0.2, 0.25) is 0 Å². The molecular weight excluding hydrogens is 316 g/mol. The van der Waals surface area contributed by atoms with Crippen molar-refractivity contribution in [1.82, 2.24) is 0 Å². The highest BCUT2D eigenvalue weighted by atomic mass is 32.1. The first kappa shape index (κ1) is 16.5. The van der Waals surface area contributed by atoms with Crippen LogP contribution in [0.25, 0.3) is 0 Å². The van der Waals surface area contributed by atoms with Gasteiger partial charge in [0, 0.05) is 10.8 Å². The molecule has 0 saturated heterocycles. The van der Waals surface area contributed by atoms with Crippen molar-refractivity contribution in [2.75, 3.05) is 14.2 Å². The molecule has 122 valence electrons. The van der Waals surface area contributed by atoms with E-state index in [9.17, 15) is 0 Å². The monoisotopic (exact) mass is 336 g/mol. The molecule has 0 aliphatic heterocycles. The van der Waals surface area contributed by atoms with E-state index in [-0.39, 0.29) is 5.92 Å². The van der Waals surface area contributed by atoms with Crippen molar-refractivity contribution < 1.29 is 9.47 Å². The highest BCUT2D eigenvalue weighted by Gasteiger charge is 2.17. The Labute approximate surface area is 148 Å². The van der Waals surface area contributed by atoms with Crippen LogP contribution in [-0.4, -0.2) is 14.2 Å². The average molecular weight is 336 g/mol. The summed E-state index contributed by atoms with van der Waals surface area (Å²) < 4.78 is 10.6. The molecule has 0 atom stereocenters. The molecule has 0 radical (unpaired) electrons. The van der Waals surface area contributed by atoms with Crippen LogP contribution in [0.3, 0.4) is 0 Å². The highest BCUT2D eigenvalue weighted by Crippen LogP contribution is 2.34. The Balaban J connectivity index is 2.06. The van der Waals surface area contributed by atoms with Crippen LogP contribution in [0.5, 0.6) is 11.5 Å². The van der Waals surface area contributed by atoms with Gasteiger partial charge in [-0.05, 0) is 53.1 Å². The van der Waals surface area contributed by atoms with Crippen molar-refractivity contribution >= 4 is 12.6 Å². The van der Waals surface area contributed by atoms with Crippen molar-refractivity contribution in [3.05, 3.63) is 89.5 Å². The predicted molar refractivity (Wildman–Crippen MR) is 101 cm³/mol. The van der Waals surface area contributed by atoms with Gasteiger partial charge in [0.1, 0.15) is 11.5 Å². The first-order valence-electron chi connectivity index (χ1n) is 7.78. The smallest absolute Gasteiger partial charge is 0.118 e. The molecule has 3 aromatic rings. The normalized spacial score (nSPS) is 10.7. The Hall–Kier alpha value is -2.39. The van der Waals surface area contributed by atoms with Gasteiger partial charge in [0.15, 0.2) is 0 Å². The van der Waals surface area contributed by atoms with Gasteiger partial charge in [-0.2, -0.15) is 0 Å². The fraction of sp³-hybridized carbons (Fsp3) is 0.143. The summed E-state index contributed by atoms with van der Waals surface area (Å²) in [7, 11) is 3.36. The lowest BCUT2D eigenvalue weighted by atomic mass is 9.85. The fourth-order valence-corrected chi connectivity index (χ4v) is 2.99. The van der Waals surface area contributed by atoms with Crippen LogP contribution in [0.1, 0.15) is 22.6 Å². The van der Waals surface area contributed by atoms with Gasteiger partial charge >= 0.3 is 0 Å². The molecule has 0 saturated carbocycles. The lowest BCUT2D eigenvalue weighted by Gasteiger charge is -2.19. The Morgan fingerprint density at radius 1 is 0.583 bits per heavy atom. The number of rotatable bonds is 5. The molecule has 0 spiro atoms. The van der Waals surface area contributed by atoms with E-state index in [1.54, 1.807) is 14.2 Å². The van der Waals surface area contributed by atoms with Gasteiger partial charge in [-0.15, -0.1) is 12.6 Å². The predicted octanol–water partition coefficient (Wildman–Crippen LogP) is 5.17. The van der Waals surface area contributed by atoms with Crippen LogP contribution >= 0.6 is 12.6 Å². The van der Waals surface area contributed by atoms with Crippen molar-refractivity contribution in [1.29, 1.82) is 0 Å². The third-order valence-corrected chi connectivity index (χ3v) is 4.42. The molecule has 3 aromatic carbocycles. The molecule has 0 fully saturated rings. The molecule has 0 aliphatic rings. The van der Waals surface area contributed by atoms with Crippen LogP contribution in [0, 0.1) is 0 Å². The fourth-order valence-electron chi connectivity index (χ4n) is 2.84. The van der Waals surface area contributed by atoms with E-state index < -0.39 is 0 Å². The Kier molecular flexibility index (Phi) is 5.11. The van der Waals surface area contributed by atoms with E-state index in [2.05, 4.69) is 49.0 Å². The van der Waals surface area contributed by atoms with Gasteiger partial charge in [-0.1, -0.05) is 36.4 Å². The van der Waals surface area contributed by atoms with Crippen LogP contribution in [0.2, 0.25) is 0 Å². The number of hydrogen-bond acceptors (Lipinski definition) is 3. The van der Waals surface area contributed by atoms with Gasteiger partial charge in [-0.25, -0.2) is 0 Å². The summed E-state index contributed by atoms with van der Waals surface area (Å²) in [6.45, 7) is 0. The third kappa shape index (κ3) is 3.57. The van der Waals surface area contributed by atoms with Crippen molar-refractivity contribution in [2.24, 2.45) is 0 Å². The lowest BCUT2D eigenvalue weighted by molar-refractivity contribution is 0.414. The molecule has 0 unspecified atom stereocenters. The van der Waals surface area contributed by atoms with Gasteiger partial charge in [0.05, 0.1) is 14.2 Å². The molecule has 0 amide bonds. The summed E-state index contributed by atoms with van der Waals surface area (Å²) >= 11 is 4.39. The standard InChI is InChI=1S/C21H20O2S/c1-22-18-9-3-15(4-10-18)21(17-7-13-20(24)14-8-17)16-5-11-19(23-2)12-6-16/h3-14,21,24H,1-2H3. The van der Waals surface area contributed by atoms with Gasteiger partial charge < -0.3 is 9.47 Å².